The van der Waals surface area contributed by atoms with Crippen LogP contribution in [-0.2, 0) is 4.79 Å². The fraction of sp³-hybridized carbons (Fsp3) is 0.273. The molecule has 28 heavy (non-hydrogen) atoms. The fourth-order valence-electron chi connectivity index (χ4n) is 3.06. The van der Waals surface area contributed by atoms with Crippen LogP contribution in [0.2, 0.25) is 0 Å². The molecule has 0 radical (unpaired) electrons. The second-order valence-electron chi connectivity index (χ2n) is 6.92. The fourth-order valence-corrected chi connectivity index (χ4v) is 3.99. The van der Waals surface area contributed by atoms with Gasteiger partial charge in [-0.15, -0.1) is 11.8 Å². The average Bonchev–Trinajstić information content (AvgIpc) is 3.04. The summed E-state index contributed by atoms with van der Waals surface area (Å²) in [6.07, 6.45) is 1.75. The second-order valence-corrected chi connectivity index (χ2v) is 7.94. The van der Waals surface area contributed by atoms with Crippen LogP contribution in [0.5, 0.6) is 0 Å². The van der Waals surface area contributed by atoms with Crippen LogP contribution < -0.4 is 5.32 Å². The van der Waals surface area contributed by atoms with Crippen molar-refractivity contribution in [1.82, 2.24) is 15.1 Å². The van der Waals surface area contributed by atoms with Crippen LogP contribution in [0.3, 0.4) is 0 Å². The average molecular weight is 398 g/mol. The summed E-state index contributed by atoms with van der Waals surface area (Å²) in [5.74, 6) is 0.0582. The first-order valence-corrected chi connectivity index (χ1v) is 10.1. The van der Waals surface area contributed by atoms with Crippen molar-refractivity contribution in [1.29, 1.82) is 0 Å². The van der Waals surface area contributed by atoms with Crippen LogP contribution in [0, 0.1) is 26.6 Å². The Morgan fingerprint density at radius 3 is 2.61 bits per heavy atom. The van der Waals surface area contributed by atoms with E-state index in [4.69, 9.17) is 0 Å². The zero-order valence-corrected chi connectivity index (χ0v) is 17.3. The molecule has 4 nitrogen and oxygen atoms in total. The molecule has 1 amide bonds. The Kier molecular flexibility index (Phi) is 6.19. The monoisotopic (exact) mass is 397 g/mol. The minimum atomic E-state index is -0.282. The summed E-state index contributed by atoms with van der Waals surface area (Å²) < 4.78 is 14.9. The summed E-state index contributed by atoms with van der Waals surface area (Å²) >= 11 is 1.55. The lowest BCUT2D eigenvalue weighted by molar-refractivity contribution is -0.119. The Balaban J connectivity index is 1.64. The van der Waals surface area contributed by atoms with Crippen molar-refractivity contribution in [2.24, 2.45) is 0 Å². The van der Waals surface area contributed by atoms with Gasteiger partial charge in [-0.1, -0.05) is 17.7 Å². The molecule has 1 atom stereocenters. The van der Waals surface area contributed by atoms with E-state index in [0.29, 0.717) is 5.75 Å². The summed E-state index contributed by atoms with van der Waals surface area (Å²) in [6.45, 7) is 7.99. The van der Waals surface area contributed by atoms with Crippen LogP contribution in [0.4, 0.5) is 4.39 Å². The maximum Gasteiger partial charge on any atom is 0.230 e. The Bertz CT molecular complexity index is 982. The van der Waals surface area contributed by atoms with Crippen molar-refractivity contribution in [3.8, 4) is 5.69 Å². The highest BCUT2D eigenvalue weighted by Crippen LogP contribution is 2.24. The molecule has 146 valence electrons. The Hall–Kier alpha value is -2.60. The molecule has 0 fully saturated rings. The zero-order chi connectivity index (χ0) is 20.3. The minimum Gasteiger partial charge on any atom is -0.349 e. The molecule has 0 bridgehead atoms. The summed E-state index contributed by atoms with van der Waals surface area (Å²) in [5.41, 5.74) is 5.00. The summed E-state index contributed by atoms with van der Waals surface area (Å²) in [6, 6.07) is 12.3. The molecule has 1 N–H and O–H groups in total. The second kappa shape index (κ2) is 8.61. The molecule has 1 heterocycles. The molecule has 1 unspecified atom stereocenters. The summed E-state index contributed by atoms with van der Waals surface area (Å²) in [7, 11) is 0. The van der Waals surface area contributed by atoms with Gasteiger partial charge >= 0.3 is 0 Å². The quantitative estimate of drug-likeness (QED) is 0.602. The van der Waals surface area contributed by atoms with Crippen molar-refractivity contribution < 1.29 is 9.18 Å². The zero-order valence-electron chi connectivity index (χ0n) is 16.5. The van der Waals surface area contributed by atoms with Gasteiger partial charge in [-0.25, -0.2) is 9.07 Å². The predicted octanol–water partition coefficient (Wildman–Crippen LogP) is 4.91. The molecule has 1 aromatic heterocycles. The minimum absolute atomic E-state index is 0.0210. The normalized spacial score (nSPS) is 12.0. The Morgan fingerprint density at radius 2 is 1.89 bits per heavy atom. The van der Waals surface area contributed by atoms with E-state index < -0.39 is 0 Å². The van der Waals surface area contributed by atoms with Crippen LogP contribution >= 0.6 is 11.8 Å². The van der Waals surface area contributed by atoms with Gasteiger partial charge in [0, 0.05) is 16.2 Å². The van der Waals surface area contributed by atoms with E-state index in [2.05, 4.69) is 35.5 Å². The van der Waals surface area contributed by atoms with Gasteiger partial charge in [0.25, 0.3) is 0 Å². The van der Waals surface area contributed by atoms with Crippen molar-refractivity contribution in [3.63, 3.8) is 0 Å². The number of carbonyl (C=O) groups is 1. The molecule has 3 rings (SSSR count). The molecule has 0 saturated heterocycles. The number of nitrogens with one attached hydrogen (secondary N) is 1. The molecule has 0 saturated carbocycles. The number of aryl methyl sites for hydroxylation is 2. The number of benzene rings is 2. The van der Waals surface area contributed by atoms with Gasteiger partial charge in [-0.05, 0) is 63.6 Å². The Labute approximate surface area is 169 Å². The number of aromatic nitrogens is 2. The van der Waals surface area contributed by atoms with E-state index in [9.17, 15) is 9.18 Å². The van der Waals surface area contributed by atoms with Crippen LogP contribution in [0.1, 0.15) is 35.3 Å². The van der Waals surface area contributed by atoms with Crippen molar-refractivity contribution in [2.45, 2.75) is 38.6 Å². The molecule has 0 aliphatic rings. The van der Waals surface area contributed by atoms with Gasteiger partial charge < -0.3 is 5.32 Å². The van der Waals surface area contributed by atoms with Gasteiger partial charge in [0.15, 0.2) is 0 Å². The molecule has 6 heteroatoms. The molecule has 0 spiro atoms. The predicted molar refractivity (Wildman–Crippen MR) is 111 cm³/mol. The number of carbonyl (C=O) groups excluding carboxylic acids is 1. The van der Waals surface area contributed by atoms with E-state index in [0.717, 1.165) is 21.8 Å². The van der Waals surface area contributed by atoms with E-state index in [1.807, 2.05) is 20.8 Å². The van der Waals surface area contributed by atoms with Crippen molar-refractivity contribution in [2.75, 3.05) is 5.75 Å². The standard InChI is InChI=1S/C22H24FN3OS/c1-14-5-6-15(2)21(11-14)28-13-22(27)25-16(3)20-12-24-26(17(20)4)19-9-7-18(23)8-10-19/h5-12,16H,13H2,1-4H3,(H,25,27). The highest BCUT2D eigenvalue weighted by atomic mass is 32.2. The van der Waals surface area contributed by atoms with Crippen LogP contribution in [-0.4, -0.2) is 21.4 Å². The summed E-state index contributed by atoms with van der Waals surface area (Å²) in [4.78, 5) is 13.5. The maximum atomic E-state index is 13.1. The first-order valence-electron chi connectivity index (χ1n) is 9.15. The SMILES string of the molecule is Cc1ccc(C)c(SCC(=O)NC(C)c2cnn(-c3ccc(F)cc3)c2C)c1. The van der Waals surface area contributed by atoms with Crippen molar-refractivity contribution in [3.05, 3.63) is 76.9 Å². The van der Waals surface area contributed by atoms with E-state index in [-0.39, 0.29) is 17.8 Å². The number of amides is 1. The van der Waals surface area contributed by atoms with Crippen LogP contribution in [0.15, 0.2) is 53.6 Å². The lowest BCUT2D eigenvalue weighted by atomic mass is 10.1. The first-order chi connectivity index (χ1) is 13.3. The summed E-state index contributed by atoms with van der Waals surface area (Å²) in [5, 5.41) is 7.44. The smallest absolute Gasteiger partial charge is 0.230 e. The molecule has 3 aromatic rings. The van der Waals surface area contributed by atoms with E-state index in [1.165, 1.54) is 23.3 Å². The number of hydrogen-bond donors (Lipinski definition) is 1. The molecule has 2 aromatic carbocycles. The number of nitrogens with zero attached hydrogens (tertiary/aromatic N) is 2. The topological polar surface area (TPSA) is 46.9 Å². The van der Waals surface area contributed by atoms with Gasteiger partial charge in [-0.3, -0.25) is 4.79 Å². The van der Waals surface area contributed by atoms with Gasteiger partial charge in [0.2, 0.25) is 5.91 Å². The third-order valence-corrected chi connectivity index (χ3v) is 5.82. The third-order valence-electron chi connectivity index (χ3n) is 4.67. The molecular weight excluding hydrogens is 373 g/mol. The molecule has 0 aliphatic carbocycles. The maximum absolute atomic E-state index is 13.1. The number of hydrogen-bond acceptors (Lipinski definition) is 3. The molecular formula is C22H24FN3OS. The molecule has 0 aliphatic heterocycles. The van der Waals surface area contributed by atoms with Crippen LogP contribution in [0.25, 0.3) is 5.69 Å². The van der Waals surface area contributed by atoms with E-state index >= 15 is 0 Å². The first kappa shape index (κ1) is 20.1. The largest absolute Gasteiger partial charge is 0.349 e. The highest BCUT2D eigenvalue weighted by Gasteiger charge is 2.16. The van der Waals surface area contributed by atoms with E-state index in [1.54, 1.807) is 34.8 Å². The lowest BCUT2D eigenvalue weighted by Gasteiger charge is -2.14. The highest BCUT2D eigenvalue weighted by molar-refractivity contribution is 8.00. The number of thioether (sulfide) groups is 1. The third kappa shape index (κ3) is 4.62. The number of halogens is 1. The Morgan fingerprint density at radius 1 is 1.18 bits per heavy atom. The van der Waals surface area contributed by atoms with Gasteiger partial charge in [-0.2, -0.15) is 5.10 Å². The van der Waals surface area contributed by atoms with Gasteiger partial charge in [0.1, 0.15) is 5.82 Å². The van der Waals surface area contributed by atoms with Crippen molar-refractivity contribution >= 4 is 17.7 Å². The number of rotatable bonds is 6. The lowest BCUT2D eigenvalue weighted by Crippen LogP contribution is -2.28. The van der Waals surface area contributed by atoms with Gasteiger partial charge in [0.05, 0.1) is 23.7 Å².